The Bertz CT molecular complexity index is 345. The van der Waals surface area contributed by atoms with Crippen LogP contribution in [-0.2, 0) is 4.74 Å². The summed E-state index contributed by atoms with van der Waals surface area (Å²) < 4.78 is 5.00. The van der Waals surface area contributed by atoms with Crippen molar-refractivity contribution in [3.8, 4) is 5.75 Å². The van der Waals surface area contributed by atoms with Gasteiger partial charge in [0.1, 0.15) is 5.75 Å². The lowest BCUT2D eigenvalue weighted by atomic mass is 10.1. The van der Waals surface area contributed by atoms with E-state index in [1.165, 1.54) is 12.1 Å². The first-order valence-electron chi connectivity index (χ1n) is 5.46. The molecule has 0 spiro atoms. The van der Waals surface area contributed by atoms with Gasteiger partial charge >= 0.3 is 0 Å². The molecule has 1 rings (SSSR count). The van der Waals surface area contributed by atoms with Crippen LogP contribution in [0.3, 0.4) is 0 Å². The second-order valence-electron chi connectivity index (χ2n) is 3.75. The van der Waals surface area contributed by atoms with Crippen molar-refractivity contribution in [1.82, 2.24) is 5.32 Å². The summed E-state index contributed by atoms with van der Waals surface area (Å²) in [5, 5.41) is 11.9. The number of amides is 1. The van der Waals surface area contributed by atoms with Crippen LogP contribution in [0.25, 0.3) is 0 Å². The SMILES string of the molecule is COCC(CCN)NC(=O)c1ccc(O)cc1. The van der Waals surface area contributed by atoms with E-state index in [0.29, 0.717) is 25.1 Å². The Balaban J connectivity index is 2.60. The molecule has 0 aliphatic carbocycles. The molecule has 0 radical (unpaired) electrons. The Morgan fingerprint density at radius 1 is 1.47 bits per heavy atom. The first kappa shape index (κ1) is 13.5. The molecule has 17 heavy (non-hydrogen) atoms. The van der Waals surface area contributed by atoms with Crippen LogP contribution in [0.15, 0.2) is 24.3 Å². The molecular formula is C12H18N2O3. The average molecular weight is 238 g/mol. The van der Waals surface area contributed by atoms with Crippen molar-refractivity contribution in [3.63, 3.8) is 0 Å². The molecule has 1 amide bonds. The standard InChI is InChI=1S/C12H18N2O3/c1-17-8-10(6-7-13)14-12(16)9-2-4-11(15)5-3-9/h2-5,10,15H,6-8,13H2,1H3,(H,14,16). The molecule has 1 aromatic rings. The van der Waals surface area contributed by atoms with E-state index in [9.17, 15) is 4.79 Å². The lowest BCUT2D eigenvalue weighted by molar-refractivity contribution is 0.0893. The zero-order chi connectivity index (χ0) is 12.7. The van der Waals surface area contributed by atoms with Gasteiger partial charge in [0.05, 0.1) is 12.6 Å². The van der Waals surface area contributed by atoms with Crippen molar-refractivity contribution >= 4 is 5.91 Å². The number of hydrogen-bond donors (Lipinski definition) is 3. The van der Waals surface area contributed by atoms with Gasteiger partial charge in [-0.2, -0.15) is 0 Å². The molecule has 94 valence electrons. The predicted molar refractivity (Wildman–Crippen MR) is 64.9 cm³/mol. The zero-order valence-electron chi connectivity index (χ0n) is 9.85. The monoisotopic (exact) mass is 238 g/mol. The summed E-state index contributed by atoms with van der Waals surface area (Å²) in [7, 11) is 1.58. The van der Waals surface area contributed by atoms with Gasteiger partial charge in [-0.15, -0.1) is 0 Å². The van der Waals surface area contributed by atoms with Crippen LogP contribution in [0.5, 0.6) is 5.75 Å². The molecule has 4 N–H and O–H groups in total. The highest BCUT2D eigenvalue weighted by molar-refractivity contribution is 5.94. The van der Waals surface area contributed by atoms with Gasteiger partial charge in [0.2, 0.25) is 0 Å². The Labute approximate surface area is 101 Å². The fourth-order valence-corrected chi connectivity index (χ4v) is 1.48. The smallest absolute Gasteiger partial charge is 0.251 e. The van der Waals surface area contributed by atoms with E-state index in [-0.39, 0.29) is 17.7 Å². The number of hydrogen-bond acceptors (Lipinski definition) is 4. The van der Waals surface area contributed by atoms with Gasteiger partial charge in [0, 0.05) is 12.7 Å². The molecule has 1 atom stereocenters. The van der Waals surface area contributed by atoms with E-state index in [0.717, 1.165) is 0 Å². The van der Waals surface area contributed by atoms with Crippen molar-refractivity contribution in [2.24, 2.45) is 5.73 Å². The van der Waals surface area contributed by atoms with Crippen molar-refractivity contribution in [2.45, 2.75) is 12.5 Å². The van der Waals surface area contributed by atoms with Crippen molar-refractivity contribution in [1.29, 1.82) is 0 Å². The molecule has 0 aliphatic heterocycles. The highest BCUT2D eigenvalue weighted by atomic mass is 16.5. The maximum atomic E-state index is 11.8. The number of nitrogens with two attached hydrogens (primary N) is 1. The highest BCUT2D eigenvalue weighted by Gasteiger charge is 2.12. The highest BCUT2D eigenvalue weighted by Crippen LogP contribution is 2.09. The first-order chi connectivity index (χ1) is 8.17. The number of ether oxygens (including phenoxy) is 1. The molecule has 0 saturated carbocycles. The fourth-order valence-electron chi connectivity index (χ4n) is 1.48. The van der Waals surface area contributed by atoms with Gasteiger partial charge in [-0.05, 0) is 37.2 Å². The van der Waals surface area contributed by atoms with Crippen LogP contribution in [0, 0.1) is 0 Å². The van der Waals surface area contributed by atoms with Gasteiger partial charge < -0.3 is 20.9 Å². The second kappa shape index (κ2) is 6.88. The fraction of sp³-hybridized carbons (Fsp3) is 0.417. The van der Waals surface area contributed by atoms with E-state index < -0.39 is 0 Å². The molecule has 0 aliphatic rings. The Morgan fingerprint density at radius 2 is 2.12 bits per heavy atom. The number of benzene rings is 1. The number of rotatable bonds is 6. The summed E-state index contributed by atoms with van der Waals surface area (Å²) >= 11 is 0. The molecule has 0 bridgehead atoms. The summed E-state index contributed by atoms with van der Waals surface area (Å²) in [4.78, 5) is 11.8. The van der Waals surface area contributed by atoms with Crippen LogP contribution in [-0.4, -0.2) is 37.3 Å². The third-order valence-corrected chi connectivity index (χ3v) is 2.35. The molecule has 0 heterocycles. The Morgan fingerprint density at radius 3 is 2.65 bits per heavy atom. The maximum absolute atomic E-state index is 11.8. The van der Waals surface area contributed by atoms with Crippen LogP contribution in [0.1, 0.15) is 16.8 Å². The number of aromatic hydroxyl groups is 1. The summed E-state index contributed by atoms with van der Waals surface area (Å²) in [6.07, 6.45) is 0.664. The van der Waals surface area contributed by atoms with Crippen LogP contribution in [0.4, 0.5) is 0 Å². The number of nitrogens with one attached hydrogen (secondary N) is 1. The minimum absolute atomic E-state index is 0.0914. The van der Waals surface area contributed by atoms with Gasteiger partial charge in [-0.3, -0.25) is 4.79 Å². The lowest BCUT2D eigenvalue weighted by Crippen LogP contribution is -2.39. The Hall–Kier alpha value is -1.59. The topological polar surface area (TPSA) is 84.6 Å². The number of methoxy groups -OCH3 is 1. The number of carbonyl (C=O) groups is 1. The van der Waals surface area contributed by atoms with Gasteiger partial charge in [0.15, 0.2) is 0 Å². The number of phenolic OH excluding ortho intramolecular Hbond substituents is 1. The second-order valence-corrected chi connectivity index (χ2v) is 3.75. The van der Waals surface area contributed by atoms with Crippen LogP contribution in [0.2, 0.25) is 0 Å². The summed E-state index contributed by atoms with van der Waals surface area (Å²) in [6, 6.07) is 5.99. The number of carbonyl (C=O) groups excluding carboxylic acids is 1. The van der Waals surface area contributed by atoms with Crippen molar-refractivity contribution in [3.05, 3.63) is 29.8 Å². The van der Waals surface area contributed by atoms with Crippen LogP contribution >= 0.6 is 0 Å². The molecule has 1 unspecified atom stereocenters. The van der Waals surface area contributed by atoms with Crippen molar-refractivity contribution in [2.75, 3.05) is 20.3 Å². The van der Waals surface area contributed by atoms with Crippen LogP contribution < -0.4 is 11.1 Å². The quantitative estimate of drug-likeness (QED) is 0.673. The Kier molecular flexibility index (Phi) is 5.45. The predicted octanol–water partition coefficient (Wildman–Crippen LogP) is 0.486. The van der Waals surface area contributed by atoms with E-state index in [2.05, 4.69) is 5.32 Å². The third kappa shape index (κ3) is 4.42. The molecule has 1 aromatic carbocycles. The molecule has 0 aromatic heterocycles. The van der Waals surface area contributed by atoms with Gasteiger partial charge in [0.25, 0.3) is 5.91 Å². The minimum atomic E-state index is -0.194. The van der Waals surface area contributed by atoms with E-state index in [1.54, 1.807) is 19.2 Å². The third-order valence-electron chi connectivity index (χ3n) is 2.35. The summed E-state index contributed by atoms with van der Waals surface area (Å²) in [5.74, 6) is -0.0579. The minimum Gasteiger partial charge on any atom is -0.508 e. The largest absolute Gasteiger partial charge is 0.508 e. The normalized spacial score (nSPS) is 12.1. The lowest BCUT2D eigenvalue weighted by Gasteiger charge is -2.17. The molecule has 0 fully saturated rings. The van der Waals surface area contributed by atoms with E-state index in [4.69, 9.17) is 15.6 Å². The number of phenols is 1. The van der Waals surface area contributed by atoms with Crippen molar-refractivity contribution < 1.29 is 14.6 Å². The molecular weight excluding hydrogens is 220 g/mol. The maximum Gasteiger partial charge on any atom is 0.251 e. The van der Waals surface area contributed by atoms with Gasteiger partial charge in [-0.1, -0.05) is 0 Å². The summed E-state index contributed by atoms with van der Waals surface area (Å²) in [6.45, 7) is 0.922. The zero-order valence-corrected chi connectivity index (χ0v) is 9.85. The molecule has 5 nitrogen and oxygen atoms in total. The van der Waals surface area contributed by atoms with Gasteiger partial charge in [-0.25, -0.2) is 0 Å². The molecule has 5 heteroatoms. The first-order valence-corrected chi connectivity index (χ1v) is 5.46. The molecule has 0 saturated heterocycles. The van der Waals surface area contributed by atoms with E-state index in [1.807, 2.05) is 0 Å². The average Bonchev–Trinajstić information content (AvgIpc) is 2.30. The van der Waals surface area contributed by atoms with E-state index >= 15 is 0 Å². The summed E-state index contributed by atoms with van der Waals surface area (Å²) in [5.41, 5.74) is 5.95.